The van der Waals surface area contributed by atoms with E-state index in [0.717, 1.165) is 12.6 Å². The van der Waals surface area contributed by atoms with Crippen molar-refractivity contribution in [3.63, 3.8) is 0 Å². The Morgan fingerprint density at radius 1 is 1.20 bits per heavy atom. The maximum atomic E-state index is 3.56. The highest BCUT2D eigenvalue weighted by molar-refractivity contribution is 5.23. The second kappa shape index (κ2) is 5.32. The molecule has 1 heteroatoms. The Bertz CT molecular complexity index is 302. The van der Waals surface area contributed by atoms with E-state index >= 15 is 0 Å². The predicted molar refractivity (Wildman–Crippen MR) is 65.2 cm³/mol. The molecule has 1 aliphatic rings. The minimum absolute atomic E-state index is 0.837. The summed E-state index contributed by atoms with van der Waals surface area (Å²) in [5.41, 5.74) is 2.97. The molecule has 0 atom stereocenters. The summed E-state index contributed by atoms with van der Waals surface area (Å²) in [5, 5.41) is 3.56. The fourth-order valence-electron chi connectivity index (χ4n) is 1.94. The van der Waals surface area contributed by atoms with E-state index in [4.69, 9.17) is 0 Å². The topological polar surface area (TPSA) is 12.0 Å². The first kappa shape index (κ1) is 10.7. The highest BCUT2D eigenvalue weighted by Gasteiger charge is 2.19. The third-order valence-corrected chi connectivity index (χ3v) is 2.95. The van der Waals surface area contributed by atoms with Crippen LogP contribution in [0.1, 0.15) is 37.3 Å². The summed E-state index contributed by atoms with van der Waals surface area (Å²) in [7, 11) is 0. The van der Waals surface area contributed by atoms with Gasteiger partial charge in [0.25, 0.3) is 0 Å². The van der Waals surface area contributed by atoms with Gasteiger partial charge in [0.1, 0.15) is 0 Å². The number of aryl methyl sites for hydroxylation is 1. The van der Waals surface area contributed by atoms with Crippen LogP contribution < -0.4 is 5.32 Å². The maximum absolute atomic E-state index is 3.56. The molecule has 1 aromatic carbocycles. The molecule has 0 aromatic heterocycles. The average molecular weight is 203 g/mol. The molecule has 1 aliphatic carbocycles. The lowest BCUT2D eigenvalue weighted by atomic mass is 10.1. The van der Waals surface area contributed by atoms with Crippen LogP contribution in [-0.2, 0) is 12.8 Å². The van der Waals surface area contributed by atoms with Gasteiger partial charge in [-0.05, 0) is 43.4 Å². The van der Waals surface area contributed by atoms with Gasteiger partial charge in [0.15, 0.2) is 0 Å². The molecule has 0 aliphatic heterocycles. The van der Waals surface area contributed by atoms with E-state index in [9.17, 15) is 0 Å². The first-order valence-corrected chi connectivity index (χ1v) is 6.19. The van der Waals surface area contributed by atoms with E-state index in [1.165, 1.54) is 43.2 Å². The summed E-state index contributed by atoms with van der Waals surface area (Å²) >= 11 is 0. The fourth-order valence-corrected chi connectivity index (χ4v) is 1.94. The summed E-state index contributed by atoms with van der Waals surface area (Å²) in [4.78, 5) is 0. The zero-order valence-corrected chi connectivity index (χ0v) is 9.63. The molecule has 1 aromatic rings. The molecule has 1 fully saturated rings. The van der Waals surface area contributed by atoms with E-state index in [0.29, 0.717) is 0 Å². The summed E-state index contributed by atoms with van der Waals surface area (Å²) in [6, 6.07) is 9.87. The smallest absolute Gasteiger partial charge is 0.00683 e. The molecule has 0 bridgehead atoms. The van der Waals surface area contributed by atoms with E-state index < -0.39 is 0 Å². The van der Waals surface area contributed by atoms with Crippen LogP contribution in [0.5, 0.6) is 0 Å². The fraction of sp³-hybridized carbons (Fsp3) is 0.571. The SMILES string of the molecule is CCCc1cccc(CCNC2CC2)c1. The molecular weight excluding hydrogens is 182 g/mol. The Morgan fingerprint density at radius 3 is 2.60 bits per heavy atom. The Balaban J connectivity index is 1.80. The first-order chi connectivity index (χ1) is 7.38. The van der Waals surface area contributed by atoms with Crippen molar-refractivity contribution in [1.29, 1.82) is 0 Å². The van der Waals surface area contributed by atoms with Crippen molar-refractivity contribution in [2.75, 3.05) is 6.54 Å². The van der Waals surface area contributed by atoms with E-state index in [2.05, 4.69) is 36.5 Å². The largest absolute Gasteiger partial charge is 0.314 e. The van der Waals surface area contributed by atoms with Crippen LogP contribution in [0, 0.1) is 0 Å². The van der Waals surface area contributed by atoms with Gasteiger partial charge in [-0.15, -0.1) is 0 Å². The van der Waals surface area contributed by atoms with Crippen LogP contribution in [0.2, 0.25) is 0 Å². The van der Waals surface area contributed by atoms with Crippen LogP contribution >= 0.6 is 0 Å². The molecule has 82 valence electrons. The van der Waals surface area contributed by atoms with Crippen molar-refractivity contribution in [2.45, 2.75) is 45.1 Å². The molecule has 0 spiro atoms. The van der Waals surface area contributed by atoms with Crippen LogP contribution in [0.25, 0.3) is 0 Å². The number of hydrogen-bond donors (Lipinski definition) is 1. The number of rotatable bonds is 6. The second-order valence-corrected chi connectivity index (χ2v) is 4.55. The van der Waals surface area contributed by atoms with E-state index in [1.807, 2.05) is 0 Å². The minimum atomic E-state index is 0.837. The molecule has 0 radical (unpaired) electrons. The summed E-state index contributed by atoms with van der Waals surface area (Å²) < 4.78 is 0. The molecule has 2 rings (SSSR count). The first-order valence-electron chi connectivity index (χ1n) is 6.19. The lowest BCUT2D eigenvalue weighted by Crippen LogP contribution is -2.19. The summed E-state index contributed by atoms with van der Waals surface area (Å²) in [5.74, 6) is 0. The minimum Gasteiger partial charge on any atom is -0.314 e. The van der Waals surface area contributed by atoms with E-state index in [1.54, 1.807) is 0 Å². The van der Waals surface area contributed by atoms with Gasteiger partial charge in [-0.1, -0.05) is 37.6 Å². The van der Waals surface area contributed by atoms with Gasteiger partial charge in [-0.3, -0.25) is 0 Å². The Kier molecular flexibility index (Phi) is 3.79. The van der Waals surface area contributed by atoms with Crippen LogP contribution in [0.4, 0.5) is 0 Å². The quantitative estimate of drug-likeness (QED) is 0.749. The Hall–Kier alpha value is -0.820. The summed E-state index contributed by atoms with van der Waals surface area (Å²) in [6.07, 6.45) is 6.40. The Morgan fingerprint density at radius 2 is 1.93 bits per heavy atom. The lowest BCUT2D eigenvalue weighted by Gasteiger charge is -2.05. The van der Waals surface area contributed by atoms with Crippen LogP contribution in [0.3, 0.4) is 0 Å². The number of hydrogen-bond acceptors (Lipinski definition) is 1. The summed E-state index contributed by atoms with van der Waals surface area (Å²) in [6.45, 7) is 3.38. The normalized spacial score (nSPS) is 15.5. The lowest BCUT2D eigenvalue weighted by molar-refractivity contribution is 0.681. The zero-order valence-electron chi connectivity index (χ0n) is 9.63. The predicted octanol–water partition coefficient (Wildman–Crippen LogP) is 2.93. The van der Waals surface area contributed by atoms with Crippen molar-refractivity contribution in [2.24, 2.45) is 0 Å². The van der Waals surface area contributed by atoms with Crippen molar-refractivity contribution >= 4 is 0 Å². The zero-order chi connectivity index (χ0) is 10.5. The molecule has 1 saturated carbocycles. The van der Waals surface area contributed by atoms with Crippen molar-refractivity contribution in [3.05, 3.63) is 35.4 Å². The molecule has 0 heterocycles. The molecule has 15 heavy (non-hydrogen) atoms. The van der Waals surface area contributed by atoms with Gasteiger partial charge in [-0.25, -0.2) is 0 Å². The molecular formula is C14H21N. The van der Waals surface area contributed by atoms with Gasteiger partial charge in [0, 0.05) is 6.04 Å². The number of nitrogens with one attached hydrogen (secondary N) is 1. The van der Waals surface area contributed by atoms with E-state index in [-0.39, 0.29) is 0 Å². The van der Waals surface area contributed by atoms with Gasteiger partial charge >= 0.3 is 0 Å². The molecule has 0 unspecified atom stereocenters. The van der Waals surface area contributed by atoms with Gasteiger partial charge < -0.3 is 5.32 Å². The molecule has 1 N–H and O–H groups in total. The highest BCUT2D eigenvalue weighted by Crippen LogP contribution is 2.18. The van der Waals surface area contributed by atoms with Gasteiger partial charge in [-0.2, -0.15) is 0 Å². The van der Waals surface area contributed by atoms with Crippen molar-refractivity contribution in [3.8, 4) is 0 Å². The second-order valence-electron chi connectivity index (χ2n) is 4.55. The van der Waals surface area contributed by atoms with Gasteiger partial charge in [0.2, 0.25) is 0 Å². The Labute approximate surface area is 92.9 Å². The molecule has 0 saturated heterocycles. The third-order valence-electron chi connectivity index (χ3n) is 2.95. The standard InChI is InChI=1S/C14H21N/c1-2-4-12-5-3-6-13(11-12)9-10-15-14-7-8-14/h3,5-6,11,14-15H,2,4,7-10H2,1H3. The van der Waals surface area contributed by atoms with Crippen LogP contribution in [-0.4, -0.2) is 12.6 Å². The van der Waals surface area contributed by atoms with Gasteiger partial charge in [0.05, 0.1) is 0 Å². The number of benzene rings is 1. The molecule has 1 nitrogen and oxygen atoms in total. The molecule has 0 amide bonds. The average Bonchev–Trinajstić information content (AvgIpc) is 3.03. The highest BCUT2D eigenvalue weighted by atomic mass is 14.9. The maximum Gasteiger partial charge on any atom is 0.00683 e. The third kappa shape index (κ3) is 3.67. The monoisotopic (exact) mass is 203 g/mol. The van der Waals surface area contributed by atoms with Crippen LogP contribution in [0.15, 0.2) is 24.3 Å². The van der Waals surface area contributed by atoms with Crippen molar-refractivity contribution in [1.82, 2.24) is 5.32 Å². The van der Waals surface area contributed by atoms with Crippen molar-refractivity contribution < 1.29 is 0 Å².